The van der Waals surface area contributed by atoms with Gasteiger partial charge in [0, 0.05) is 66.2 Å². The van der Waals surface area contributed by atoms with Crippen molar-refractivity contribution in [3.05, 3.63) is 78.0 Å². The maximum atomic E-state index is 12.7. The van der Waals surface area contributed by atoms with Crippen LogP contribution in [-0.4, -0.2) is 25.7 Å². The van der Waals surface area contributed by atoms with Crippen LogP contribution in [0.5, 0.6) is 0 Å². The molecule has 5 nitrogen and oxygen atoms in total. The minimum atomic E-state index is -4.17. The van der Waals surface area contributed by atoms with Gasteiger partial charge in [-0.1, -0.05) is 42.5 Å². The molecule has 4 N–H and O–H groups in total. The molecule has 0 unspecified atom stereocenters. The predicted octanol–water partition coefficient (Wildman–Crippen LogP) is 5.30. The smallest absolute Gasteiger partial charge is 0.389 e. The number of fused-ring (bicyclic) bond motifs is 1. The second-order valence-electron chi connectivity index (χ2n) is 7.93. The van der Waals surface area contributed by atoms with Crippen molar-refractivity contribution in [1.82, 2.24) is 19.9 Å². The van der Waals surface area contributed by atoms with Crippen LogP contribution in [0.3, 0.4) is 0 Å². The average Bonchev–Trinajstić information content (AvgIpc) is 3.41. The van der Waals surface area contributed by atoms with Gasteiger partial charge in [-0.3, -0.25) is 0 Å². The van der Waals surface area contributed by atoms with E-state index < -0.39 is 12.6 Å². The number of nitrogens with two attached hydrogens (primary N) is 1. The van der Waals surface area contributed by atoms with E-state index in [1.807, 2.05) is 53.2 Å². The number of H-pyrrole nitrogens is 1. The molecule has 2 heterocycles. The van der Waals surface area contributed by atoms with E-state index in [0.29, 0.717) is 18.1 Å². The molecule has 0 spiro atoms. The molecule has 0 amide bonds. The number of nitrogens with one attached hydrogen (secondary N) is 2. The van der Waals surface area contributed by atoms with Crippen LogP contribution in [0.2, 0.25) is 0 Å². The van der Waals surface area contributed by atoms with Crippen LogP contribution < -0.4 is 11.1 Å². The first-order chi connectivity index (χ1) is 15.8. The Balaban J connectivity index is 1.64. The number of halogens is 3. The monoisotopic (exact) mass is 471 g/mol. The van der Waals surface area contributed by atoms with E-state index in [4.69, 9.17) is 18.0 Å². The number of imidazole rings is 1. The predicted molar refractivity (Wildman–Crippen MR) is 128 cm³/mol. The number of aromatic nitrogens is 3. The maximum absolute atomic E-state index is 12.7. The zero-order valence-electron chi connectivity index (χ0n) is 17.8. The van der Waals surface area contributed by atoms with Crippen LogP contribution in [0, 0.1) is 0 Å². The number of rotatable bonds is 9. The van der Waals surface area contributed by atoms with Crippen molar-refractivity contribution >= 4 is 28.1 Å². The molecule has 0 fully saturated rings. The zero-order valence-corrected chi connectivity index (χ0v) is 18.6. The van der Waals surface area contributed by atoms with E-state index in [-0.39, 0.29) is 13.0 Å². The van der Waals surface area contributed by atoms with Gasteiger partial charge in [-0.2, -0.15) is 13.2 Å². The van der Waals surface area contributed by atoms with Gasteiger partial charge < -0.3 is 20.6 Å². The van der Waals surface area contributed by atoms with Crippen LogP contribution >= 0.6 is 12.2 Å². The third-order valence-electron chi connectivity index (χ3n) is 5.46. The molecule has 33 heavy (non-hydrogen) atoms. The van der Waals surface area contributed by atoms with Crippen molar-refractivity contribution in [1.29, 1.82) is 0 Å². The summed E-state index contributed by atoms with van der Waals surface area (Å²) in [6.45, 7) is 1.53. The van der Waals surface area contributed by atoms with Gasteiger partial charge in [0.05, 0.1) is 6.33 Å². The fraction of sp³-hybridized carbons (Fsp3) is 0.250. The number of aryl methyl sites for hydroxylation is 1. The second-order valence-corrected chi connectivity index (χ2v) is 8.37. The summed E-state index contributed by atoms with van der Waals surface area (Å²) in [6.07, 6.45) is 0.340. The summed E-state index contributed by atoms with van der Waals surface area (Å²) in [5.41, 5.74) is 11.3. The van der Waals surface area contributed by atoms with Gasteiger partial charge in [0.15, 0.2) is 0 Å². The molecular weight excluding hydrogens is 447 g/mol. The number of hydrogen-bond acceptors (Lipinski definition) is 3. The molecule has 9 heteroatoms. The van der Waals surface area contributed by atoms with E-state index in [0.717, 1.165) is 38.9 Å². The van der Waals surface area contributed by atoms with E-state index >= 15 is 0 Å². The maximum Gasteiger partial charge on any atom is 0.389 e. The van der Waals surface area contributed by atoms with Gasteiger partial charge in [0.2, 0.25) is 0 Å². The summed E-state index contributed by atoms with van der Waals surface area (Å²) in [5, 5.41) is 4.32. The number of aromatic amines is 1. The Morgan fingerprint density at radius 2 is 2.00 bits per heavy atom. The first kappa shape index (κ1) is 23.0. The van der Waals surface area contributed by atoms with Gasteiger partial charge >= 0.3 is 6.18 Å². The van der Waals surface area contributed by atoms with Gasteiger partial charge in [0.1, 0.15) is 4.99 Å². The van der Waals surface area contributed by atoms with Crippen molar-refractivity contribution in [2.24, 2.45) is 5.73 Å². The lowest BCUT2D eigenvalue weighted by molar-refractivity contribution is -0.135. The number of benzene rings is 2. The van der Waals surface area contributed by atoms with Gasteiger partial charge in [-0.25, -0.2) is 4.98 Å². The van der Waals surface area contributed by atoms with Crippen molar-refractivity contribution in [3.63, 3.8) is 0 Å². The topological polar surface area (TPSA) is 71.7 Å². The molecule has 0 saturated heterocycles. The molecule has 172 valence electrons. The zero-order chi connectivity index (χ0) is 23.4. The number of hydrogen-bond donors (Lipinski definition) is 3. The molecule has 4 aromatic rings. The molecule has 0 bridgehead atoms. The molecule has 0 aliphatic rings. The van der Waals surface area contributed by atoms with Gasteiger partial charge in [-0.05, 0) is 29.7 Å². The first-order valence-electron chi connectivity index (χ1n) is 10.6. The Bertz CT molecular complexity index is 1240. The van der Waals surface area contributed by atoms with Crippen molar-refractivity contribution in [2.75, 3.05) is 0 Å². The number of nitrogens with zero attached hydrogens (tertiary/aromatic N) is 2. The van der Waals surface area contributed by atoms with Crippen LogP contribution in [0.1, 0.15) is 29.7 Å². The van der Waals surface area contributed by atoms with Crippen LogP contribution in [-0.2, 0) is 19.6 Å². The highest BCUT2D eigenvalue weighted by Gasteiger charge is 2.26. The molecule has 0 saturated carbocycles. The van der Waals surface area contributed by atoms with E-state index in [1.165, 1.54) is 0 Å². The highest BCUT2D eigenvalue weighted by molar-refractivity contribution is 7.80. The summed E-state index contributed by atoms with van der Waals surface area (Å²) in [6, 6.07) is 13.7. The Hall–Kier alpha value is -3.17. The standard InChI is InChI=1S/C24H24F3N5S/c25-24(26,27)7-2-8-32-14-21(17-3-1-4-18(10-17)23(28)33)20-6-5-16(9-22(20)32)11-29-12-19-13-30-15-31-19/h1,3-6,9-10,13-15,29H,2,7-8,11-12H2,(H2,28,33)(H,30,31). The summed E-state index contributed by atoms with van der Waals surface area (Å²) in [4.78, 5) is 7.35. The number of thiocarbonyl (C=S) groups is 1. The normalized spacial score (nSPS) is 11.8. The van der Waals surface area contributed by atoms with Crippen LogP contribution in [0.25, 0.3) is 22.0 Å². The van der Waals surface area contributed by atoms with E-state index in [9.17, 15) is 13.2 Å². The highest BCUT2D eigenvalue weighted by atomic mass is 32.1. The fourth-order valence-electron chi connectivity index (χ4n) is 3.88. The first-order valence-corrected chi connectivity index (χ1v) is 11.0. The number of alkyl halides is 3. The molecule has 2 aromatic carbocycles. The van der Waals surface area contributed by atoms with Crippen molar-refractivity contribution < 1.29 is 13.2 Å². The summed E-state index contributed by atoms with van der Waals surface area (Å²) < 4.78 is 40.1. The van der Waals surface area contributed by atoms with Gasteiger partial charge in [-0.15, -0.1) is 0 Å². The third-order valence-corrected chi connectivity index (χ3v) is 5.70. The van der Waals surface area contributed by atoms with Crippen LogP contribution in [0.15, 0.2) is 61.2 Å². The Morgan fingerprint density at radius 3 is 2.73 bits per heavy atom. The lowest BCUT2D eigenvalue weighted by atomic mass is 10.0. The molecule has 2 aromatic heterocycles. The second kappa shape index (κ2) is 9.76. The summed E-state index contributed by atoms with van der Waals surface area (Å²) >= 11 is 5.10. The molecule has 4 rings (SSSR count). The van der Waals surface area contributed by atoms with Crippen molar-refractivity contribution in [2.45, 2.75) is 38.7 Å². The summed E-state index contributed by atoms with van der Waals surface area (Å²) in [5.74, 6) is 0. The molecule has 0 atom stereocenters. The lowest BCUT2D eigenvalue weighted by Gasteiger charge is -2.09. The van der Waals surface area contributed by atoms with Crippen LogP contribution in [0.4, 0.5) is 13.2 Å². The lowest BCUT2D eigenvalue weighted by Crippen LogP contribution is -2.13. The fourth-order valence-corrected chi connectivity index (χ4v) is 4.00. The minimum Gasteiger partial charge on any atom is -0.389 e. The molecular formula is C24H24F3N5S. The van der Waals surface area contributed by atoms with E-state index in [2.05, 4.69) is 15.3 Å². The molecule has 0 aliphatic heterocycles. The van der Waals surface area contributed by atoms with Crippen molar-refractivity contribution in [3.8, 4) is 11.1 Å². The Morgan fingerprint density at radius 1 is 1.15 bits per heavy atom. The summed E-state index contributed by atoms with van der Waals surface area (Å²) in [7, 11) is 0. The quantitative estimate of drug-likeness (QED) is 0.290. The third kappa shape index (κ3) is 5.80. The highest BCUT2D eigenvalue weighted by Crippen LogP contribution is 2.33. The Labute approximate surface area is 194 Å². The SMILES string of the molecule is NC(=S)c1cccc(-c2cn(CCCC(F)(F)F)c3cc(CNCc4cnc[nH]4)ccc23)c1. The van der Waals surface area contributed by atoms with Gasteiger partial charge in [0.25, 0.3) is 0 Å². The largest absolute Gasteiger partial charge is 0.389 e. The van der Waals surface area contributed by atoms with E-state index in [1.54, 1.807) is 12.5 Å². The minimum absolute atomic E-state index is 0.0158. The Kier molecular flexibility index (Phi) is 6.80. The molecule has 0 radical (unpaired) electrons. The average molecular weight is 472 g/mol. The molecule has 0 aliphatic carbocycles.